The van der Waals surface area contributed by atoms with Crippen LogP contribution in [0.5, 0.6) is 0 Å². The number of unbranched alkanes of at least 4 members (excludes halogenated alkanes) is 13. The Hall–Kier alpha value is -3.15. The van der Waals surface area contributed by atoms with E-state index in [0.29, 0.717) is 6.42 Å². The molecule has 9 nitrogen and oxygen atoms in total. The normalized spacial score (nSPS) is 21.2. The van der Waals surface area contributed by atoms with Crippen LogP contribution in [0.1, 0.15) is 168 Å². The second-order valence-corrected chi connectivity index (χ2v) is 16.5. The van der Waals surface area contributed by atoms with Gasteiger partial charge in [0.2, 0.25) is 5.91 Å². The first kappa shape index (κ1) is 57.9. The molecule has 0 spiro atoms. The van der Waals surface area contributed by atoms with E-state index < -0.39 is 49.5 Å². The molecule has 9 heteroatoms. The lowest BCUT2D eigenvalue weighted by molar-refractivity contribution is -0.302. The molecular weight excluding hydrogens is 791 g/mol. The summed E-state index contributed by atoms with van der Waals surface area (Å²) in [5.74, 6) is -0.197. The number of rotatable bonds is 39. The van der Waals surface area contributed by atoms with E-state index in [-0.39, 0.29) is 12.5 Å². The van der Waals surface area contributed by atoms with Crippen molar-refractivity contribution in [3.63, 3.8) is 0 Å². The number of ether oxygens (including phenoxy) is 2. The molecule has 1 aliphatic rings. The van der Waals surface area contributed by atoms with Crippen molar-refractivity contribution in [1.29, 1.82) is 0 Å². The highest BCUT2D eigenvalue weighted by molar-refractivity contribution is 5.76. The number of hydrogen-bond acceptors (Lipinski definition) is 8. The van der Waals surface area contributed by atoms with Crippen molar-refractivity contribution in [2.24, 2.45) is 0 Å². The van der Waals surface area contributed by atoms with Gasteiger partial charge in [-0.15, -0.1) is 0 Å². The smallest absolute Gasteiger partial charge is 0.220 e. The van der Waals surface area contributed by atoms with E-state index >= 15 is 0 Å². The molecule has 0 bridgehead atoms. The lowest BCUT2D eigenvalue weighted by Gasteiger charge is -2.40. The molecule has 7 unspecified atom stereocenters. The van der Waals surface area contributed by atoms with Gasteiger partial charge in [-0.3, -0.25) is 4.79 Å². The third kappa shape index (κ3) is 33.1. The van der Waals surface area contributed by atoms with Gasteiger partial charge in [-0.05, 0) is 77.0 Å². The number of hydrogen-bond donors (Lipinski definition) is 6. The van der Waals surface area contributed by atoms with Gasteiger partial charge in [0, 0.05) is 6.42 Å². The van der Waals surface area contributed by atoms with Gasteiger partial charge in [0.15, 0.2) is 6.29 Å². The zero-order valence-electron chi connectivity index (χ0n) is 39.3. The fraction of sp³-hybridized carbons (Fsp3) is 0.648. The quantitative estimate of drug-likeness (QED) is 0.0264. The number of carbonyl (C=O) groups excluding carboxylic acids is 1. The van der Waals surface area contributed by atoms with Crippen LogP contribution in [0, 0.1) is 0 Å². The number of aliphatic hydroxyl groups excluding tert-OH is 5. The average molecular weight is 880 g/mol. The van der Waals surface area contributed by atoms with E-state index in [9.17, 15) is 30.3 Å². The van der Waals surface area contributed by atoms with E-state index in [1.54, 1.807) is 6.08 Å². The highest BCUT2D eigenvalue weighted by Gasteiger charge is 2.44. The molecule has 1 aliphatic heterocycles. The largest absolute Gasteiger partial charge is 0.394 e. The van der Waals surface area contributed by atoms with Crippen molar-refractivity contribution in [1.82, 2.24) is 5.32 Å². The van der Waals surface area contributed by atoms with E-state index in [1.807, 2.05) is 13.0 Å². The lowest BCUT2D eigenvalue weighted by atomic mass is 9.99. The highest BCUT2D eigenvalue weighted by atomic mass is 16.7. The van der Waals surface area contributed by atoms with Crippen LogP contribution in [-0.2, 0) is 14.3 Å². The summed E-state index contributed by atoms with van der Waals surface area (Å²) < 4.78 is 11.1. The standard InChI is InChI=1S/C54H89NO8/c1-3-5-7-8-9-10-11-12-13-14-15-16-17-18-19-20-21-22-23-24-25-26-27-28-29-30-31-32-33-34-35-36-37-38-39-40-42-44-50(58)55-47(48(57)43-41-6-4-2)46-62-54-53(61)52(60)51(59)49(45-56)63-54/h5,7,9-10,12-13,15-16,18-19,21-22,24-25,27-28,41,43,47-49,51-54,56-57,59-61H,3-4,6,8,11,14,17,20,23,26,29-40,42,44-46H2,1-2H3,(H,55,58)/b7-5-,10-9-,13-12-,16-15-,19-18-,22-21-,25-24-,28-27-,43-41+. The van der Waals surface area contributed by atoms with E-state index in [0.717, 1.165) is 83.5 Å². The molecule has 1 saturated heterocycles. The Labute approximate surface area is 383 Å². The number of amides is 1. The molecule has 7 atom stereocenters. The maximum absolute atomic E-state index is 12.8. The third-order valence-corrected chi connectivity index (χ3v) is 10.8. The number of carbonyl (C=O) groups is 1. The summed E-state index contributed by atoms with van der Waals surface area (Å²) in [7, 11) is 0. The molecule has 1 amide bonds. The molecule has 6 N–H and O–H groups in total. The van der Waals surface area contributed by atoms with Crippen LogP contribution in [0.4, 0.5) is 0 Å². The molecule has 1 heterocycles. The van der Waals surface area contributed by atoms with Crippen molar-refractivity contribution >= 4 is 5.91 Å². The fourth-order valence-corrected chi connectivity index (χ4v) is 6.94. The monoisotopic (exact) mass is 880 g/mol. The molecule has 358 valence electrons. The topological polar surface area (TPSA) is 149 Å². The predicted molar refractivity (Wildman–Crippen MR) is 262 cm³/mol. The van der Waals surface area contributed by atoms with Crippen molar-refractivity contribution < 1.29 is 39.8 Å². The van der Waals surface area contributed by atoms with Crippen molar-refractivity contribution in [2.75, 3.05) is 13.2 Å². The Morgan fingerprint density at radius 1 is 0.556 bits per heavy atom. The zero-order valence-corrected chi connectivity index (χ0v) is 39.3. The van der Waals surface area contributed by atoms with Crippen LogP contribution in [0.15, 0.2) is 109 Å². The minimum Gasteiger partial charge on any atom is -0.394 e. The molecule has 0 aliphatic carbocycles. The Bertz CT molecular complexity index is 1340. The minimum absolute atomic E-state index is 0.197. The Kier molecular flexibility index (Phi) is 39.3. The first-order valence-electron chi connectivity index (χ1n) is 24.6. The third-order valence-electron chi connectivity index (χ3n) is 10.8. The van der Waals surface area contributed by atoms with Gasteiger partial charge < -0.3 is 40.3 Å². The molecule has 1 fully saturated rings. The van der Waals surface area contributed by atoms with E-state index in [1.165, 1.54) is 64.2 Å². The summed E-state index contributed by atoms with van der Waals surface area (Å²) in [4.78, 5) is 12.8. The summed E-state index contributed by atoms with van der Waals surface area (Å²) in [6.07, 6.45) is 56.8. The summed E-state index contributed by atoms with van der Waals surface area (Å²) in [6, 6.07) is -0.807. The first-order valence-corrected chi connectivity index (χ1v) is 24.6. The van der Waals surface area contributed by atoms with Crippen LogP contribution < -0.4 is 5.32 Å². The van der Waals surface area contributed by atoms with E-state index in [4.69, 9.17) is 9.47 Å². The first-order chi connectivity index (χ1) is 30.8. The lowest BCUT2D eigenvalue weighted by Crippen LogP contribution is -2.60. The number of allylic oxidation sites excluding steroid dienone is 17. The molecule has 1 rings (SSSR count). The summed E-state index contributed by atoms with van der Waals surface area (Å²) in [6.45, 7) is 3.42. The second-order valence-electron chi connectivity index (χ2n) is 16.5. The van der Waals surface area contributed by atoms with Crippen LogP contribution in [-0.4, -0.2) is 87.5 Å². The Morgan fingerprint density at radius 3 is 1.43 bits per heavy atom. The summed E-state index contributed by atoms with van der Waals surface area (Å²) >= 11 is 0. The predicted octanol–water partition coefficient (Wildman–Crippen LogP) is 11.1. The zero-order chi connectivity index (χ0) is 45.9. The van der Waals surface area contributed by atoms with Crippen LogP contribution in [0.2, 0.25) is 0 Å². The van der Waals surface area contributed by atoms with Gasteiger partial charge >= 0.3 is 0 Å². The van der Waals surface area contributed by atoms with Gasteiger partial charge in [0.1, 0.15) is 24.4 Å². The molecule has 0 aromatic heterocycles. The van der Waals surface area contributed by atoms with Crippen LogP contribution in [0.3, 0.4) is 0 Å². The van der Waals surface area contributed by atoms with Crippen LogP contribution in [0.25, 0.3) is 0 Å². The van der Waals surface area contributed by atoms with Gasteiger partial charge in [0.25, 0.3) is 0 Å². The fourth-order valence-electron chi connectivity index (χ4n) is 6.94. The molecule has 63 heavy (non-hydrogen) atoms. The molecule has 0 aromatic carbocycles. The maximum atomic E-state index is 12.8. The summed E-state index contributed by atoms with van der Waals surface area (Å²) in [5.41, 5.74) is 0. The van der Waals surface area contributed by atoms with Gasteiger partial charge in [-0.1, -0.05) is 194 Å². The van der Waals surface area contributed by atoms with Gasteiger partial charge in [0.05, 0.1) is 25.4 Å². The maximum Gasteiger partial charge on any atom is 0.220 e. The molecule has 0 aromatic rings. The second kappa shape index (κ2) is 42.8. The van der Waals surface area contributed by atoms with Crippen molar-refractivity contribution in [2.45, 2.75) is 211 Å². The minimum atomic E-state index is -1.57. The average Bonchev–Trinajstić information content (AvgIpc) is 3.28. The molecule has 0 saturated carbocycles. The SMILES string of the molecule is CC/C=C\C/C=C\C/C=C\C/C=C\C/C=C\C/C=C\C/C=C\C/C=C\CCCCCCCCCCCCCCC(=O)NC(COC1OC(CO)C(O)C(O)C1O)C(O)/C=C/CCC. The highest BCUT2D eigenvalue weighted by Crippen LogP contribution is 2.22. The molecular formula is C54H89NO8. The van der Waals surface area contributed by atoms with Crippen LogP contribution >= 0.6 is 0 Å². The number of aliphatic hydroxyl groups is 5. The van der Waals surface area contributed by atoms with E-state index in [2.05, 4.69) is 109 Å². The Morgan fingerprint density at radius 2 is 0.984 bits per heavy atom. The Balaban J connectivity index is 2.01. The van der Waals surface area contributed by atoms with Crippen molar-refractivity contribution in [3.8, 4) is 0 Å². The number of nitrogens with one attached hydrogen (secondary N) is 1. The van der Waals surface area contributed by atoms with Crippen molar-refractivity contribution in [3.05, 3.63) is 109 Å². The molecule has 0 radical (unpaired) electrons. The van der Waals surface area contributed by atoms with Gasteiger partial charge in [-0.25, -0.2) is 0 Å². The van der Waals surface area contributed by atoms with Gasteiger partial charge in [-0.2, -0.15) is 0 Å². The summed E-state index contributed by atoms with van der Waals surface area (Å²) in [5, 5.41) is 53.4.